The second kappa shape index (κ2) is 11.5. The predicted octanol–water partition coefficient (Wildman–Crippen LogP) is 5.44. The van der Waals surface area contributed by atoms with E-state index in [1.807, 2.05) is 53.2 Å². The molecule has 0 bridgehead atoms. The summed E-state index contributed by atoms with van der Waals surface area (Å²) in [6.07, 6.45) is 1.81. The van der Waals surface area contributed by atoms with Crippen LogP contribution in [-0.4, -0.2) is 71.3 Å². The van der Waals surface area contributed by atoms with Gasteiger partial charge in [-0.3, -0.25) is 9.69 Å². The summed E-state index contributed by atoms with van der Waals surface area (Å²) in [6.45, 7) is 9.08. The van der Waals surface area contributed by atoms with Crippen LogP contribution in [0.25, 0.3) is 16.6 Å². The van der Waals surface area contributed by atoms with E-state index in [-0.39, 0.29) is 5.91 Å². The molecule has 0 radical (unpaired) electrons. The summed E-state index contributed by atoms with van der Waals surface area (Å²) in [5, 5.41) is 13.0. The molecule has 0 unspecified atom stereocenters. The molecular formula is C28H30Cl2N6O. The number of carbonyl (C=O) groups excluding carboxylic acids is 1. The molecule has 192 valence electrons. The van der Waals surface area contributed by atoms with Crippen LogP contribution in [0.1, 0.15) is 17.3 Å². The fourth-order valence-corrected chi connectivity index (χ4v) is 5.11. The van der Waals surface area contributed by atoms with E-state index in [4.69, 9.17) is 23.2 Å². The number of rotatable bonds is 8. The van der Waals surface area contributed by atoms with Gasteiger partial charge < -0.3 is 15.5 Å². The number of anilines is 2. The first-order chi connectivity index (χ1) is 18.0. The molecule has 0 spiro atoms. The van der Waals surface area contributed by atoms with Crippen molar-refractivity contribution >= 4 is 51.4 Å². The molecule has 1 aliphatic rings. The van der Waals surface area contributed by atoms with Crippen molar-refractivity contribution < 1.29 is 4.79 Å². The van der Waals surface area contributed by atoms with Crippen LogP contribution in [0, 0.1) is 0 Å². The molecule has 0 atom stereocenters. The average Bonchev–Trinajstić information content (AvgIpc) is 3.34. The van der Waals surface area contributed by atoms with Gasteiger partial charge in [-0.2, -0.15) is 5.10 Å². The van der Waals surface area contributed by atoms with Crippen LogP contribution >= 0.6 is 23.2 Å². The van der Waals surface area contributed by atoms with Crippen molar-refractivity contribution in [3.63, 3.8) is 0 Å². The standard InChI is InChI=1S/C28H30Cl2N6O/c1-2-34-13-15-35(16-14-34)12-11-31-28(37)20-5-3-6-23(18-20)36-26-10-9-22(17-21(26)19-32-36)33-27-24(29)7-4-8-25(27)30/h3-10,17-19,33H,2,11-16H2,1H3,(H,31,37). The fraction of sp³-hybridized carbons (Fsp3) is 0.286. The first kappa shape index (κ1) is 25.5. The largest absolute Gasteiger partial charge is 0.353 e. The summed E-state index contributed by atoms with van der Waals surface area (Å²) >= 11 is 12.6. The van der Waals surface area contributed by atoms with Crippen molar-refractivity contribution in [3.05, 3.63) is 82.5 Å². The molecule has 1 fully saturated rings. The Labute approximate surface area is 227 Å². The van der Waals surface area contributed by atoms with E-state index < -0.39 is 0 Å². The number of nitrogens with one attached hydrogen (secondary N) is 2. The molecule has 2 N–H and O–H groups in total. The van der Waals surface area contributed by atoms with Crippen LogP contribution in [0.3, 0.4) is 0 Å². The first-order valence-electron chi connectivity index (χ1n) is 12.5. The van der Waals surface area contributed by atoms with Gasteiger partial charge in [0, 0.05) is 55.9 Å². The van der Waals surface area contributed by atoms with Crippen LogP contribution in [0.2, 0.25) is 10.0 Å². The molecule has 0 saturated carbocycles. The number of amides is 1. The van der Waals surface area contributed by atoms with E-state index in [9.17, 15) is 4.79 Å². The summed E-state index contributed by atoms with van der Waals surface area (Å²) in [4.78, 5) is 17.7. The third-order valence-electron chi connectivity index (χ3n) is 6.78. The molecule has 0 aliphatic carbocycles. The molecule has 37 heavy (non-hydrogen) atoms. The lowest BCUT2D eigenvalue weighted by Gasteiger charge is -2.33. The Morgan fingerprint density at radius 2 is 1.68 bits per heavy atom. The molecule has 1 aromatic heterocycles. The Morgan fingerprint density at radius 1 is 0.946 bits per heavy atom. The number of hydrogen-bond donors (Lipinski definition) is 2. The van der Waals surface area contributed by atoms with Crippen molar-refractivity contribution in [1.82, 2.24) is 24.9 Å². The maximum atomic E-state index is 12.8. The maximum Gasteiger partial charge on any atom is 0.251 e. The van der Waals surface area contributed by atoms with Crippen molar-refractivity contribution in [2.45, 2.75) is 6.92 Å². The van der Waals surface area contributed by atoms with E-state index in [2.05, 4.69) is 32.5 Å². The molecule has 3 aromatic carbocycles. The van der Waals surface area contributed by atoms with Gasteiger partial charge in [0.15, 0.2) is 0 Å². The molecule has 5 rings (SSSR count). The zero-order chi connectivity index (χ0) is 25.8. The van der Waals surface area contributed by atoms with Gasteiger partial charge in [-0.25, -0.2) is 4.68 Å². The highest BCUT2D eigenvalue weighted by molar-refractivity contribution is 6.39. The maximum absolute atomic E-state index is 12.8. The summed E-state index contributed by atoms with van der Waals surface area (Å²) < 4.78 is 1.84. The number of hydrogen-bond acceptors (Lipinski definition) is 5. The second-order valence-corrected chi connectivity index (χ2v) is 9.95. The molecule has 4 aromatic rings. The van der Waals surface area contributed by atoms with E-state index >= 15 is 0 Å². The molecular weight excluding hydrogens is 507 g/mol. The number of para-hydroxylation sites is 1. The number of benzene rings is 3. The average molecular weight is 537 g/mol. The van der Waals surface area contributed by atoms with Gasteiger partial charge in [-0.1, -0.05) is 42.3 Å². The summed E-state index contributed by atoms with van der Waals surface area (Å²) in [5.74, 6) is -0.0754. The van der Waals surface area contributed by atoms with Gasteiger partial charge >= 0.3 is 0 Å². The number of likely N-dealkylation sites (N-methyl/N-ethyl adjacent to an activating group) is 1. The lowest BCUT2D eigenvalue weighted by Crippen LogP contribution is -2.48. The van der Waals surface area contributed by atoms with Crippen LogP contribution in [0.5, 0.6) is 0 Å². The second-order valence-electron chi connectivity index (χ2n) is 9.13. The number of nitrogens with zero attached hydrogens (tertiary/aromatic N) is 4. The predicted molar refractivity (Wildman–Crippen MR) is 152 cm³/mol. The molecule has 1 amide bonds. The number of aromatic nitrogens is 2. The first-order valence-corrected chi connectivity index (χ1v) is 13.3. The van der Waals surface area contributed by atoms with Crippen molar-refractivity contribution in [3.8, 4) is 5.69 Å². The van der Waals surface area contributed by atoms with E-state index in [1.54, 1.807) is 18.3 Å². The van der Waals surface area contributed by atoms with Crippen LogP contribution in [0.4, 0.5) is 11.4 Å². The Morgan fingerprint density at radius 3 is 2.43 bits per heavy atom. The van der Waals surface area contributed by atoms with Gasteiger partial charge in [0.2, 0.25) is 0 Å². The third kappa shape index (κ3) is 5.91. The Kier molecular flexibility index (Phi) is 7.96. The smallest absolute Gasteiger partial charge is 0.251 e. The minimum atomic E-state index is -0.0754. The summed E-state index contributed by atoms with van der Waals surface area (Å²) in [5.41, 5.74) is 3.89. The highest BCUT2D eigenvalue weighted by atomic mass is 35.5. The van der Waals surface area contributed by atoms with Gasteiger partial charge in [-0.05, 0) is 55.1 Å². The fourth-order valence-electron chi connectivity index (χ4n) is 4.62. The summed E-state index contributed by atoms with van der Waals surface area (Å²) in [6, 6.07) is 18.9. The third-order valence-corrected chi connectivity index (χ3v) is 7.41. The number of carbonyl (C=O) groups is 1. The Hall–Kier alpha value is -3.10. The van der Waals surface area contributed by atoms with Crippen molar-refractivity contribution in [1.29, 1.82) is 0 Å². The minimum absolute atomic E-state index is 0.0754. The summed E-state index contributed by atoms with van der Waals surface area (Å²) in [7, 11) is 0. The van der Waals surface area contributed by atoms with Crippen molar-refractivity contribution in [2.75, 3.05) is 51.1 Å². The van der Waals surface area contributed by atoms with Crippen LogP contribution in [-0.2, 0) is 0 Å². The van der Waals surface area contributed by atoms with Gasteiger partial charge in [0.25, 0.3) is 5.91 Å². The molecule has 7 nitrogen and oxygen atoms in total. The normalized spacial score (nSPS) is 14.7. The SMILES string of the molecule is CCN1CCN(CCNC(=O)c2cccc(-n3ncc4cc(Nc5c(Cl)cccc5Cl)ccc43)c2)CC1. The van der Waals surface area contributed by atoms with Gasteiger partial charge in [0.1, 0.15) is 0 Å². The quantitative estimate of drug-likeness (QED) is 0.313. The molecule has 1 aliphatic heterocycles. The van der Waals surface area contributed by atoms with E-state index in [0.29, 0.717) is 27.8 Å². The number of fused-ring (bicyclic) bond motifs is 1. The van der Waals surface area contributed by atoms with E-state index in [1.165, 1.54) is 0 Å². The highest BCUT2D eigenvalue weighted by Crippen LogP contribution is 2.33. The topological polar surface area (TPSA) is 65.4 Å². The number of halogens is 2. The van der Waals surface area contributed by atoms with Crippen LogP contribution in [0.15, 0.2) is 66.9 Å². The number of piperazine rings is 1. The Bertz CT molecular complexity index is 1380. The zero-order valence-electron chi connectivity index (χ0n) is 20.8. The van der Waals surface area contributed by atoms with Crippen LogP contribution < -0.4 is 10.6 Å². The van der Waals surface area contributed by atoms with Crippen molar-refractivity contribution in [2.24, 2.45) is 0 Å². The molecule has 9 heteroatoms. The Balaban J connectivity index is 1.25. The lowest BCUT2D eigenvalue weighted by atomic mass is 10.1. The minimum Gasteiger partial charge on any atom is -0.353 e. The lowest BCUT2D eigenvalue weighted by molar-refractivity contribution is 0.0938. The molecule has 2 heterocycles. The zero-order valence-corrected chi connectivity index (χ0v) is 22.3. The van der Waals surface area contributed by atoms with E-state index in [0.717, 1.165) is 61.5 Å². The van der Waals surface area contributed by atoms with Gasteiger partial charge in [-0.15, -0.1) is 0 Å². The molecule has 1 saturated heterocycles. The monoisotopic (exact) mass is 536 g/mol. The van der Waals surface area contributed by atoms with Gasteiger partial charge in [0.05, 0.1) is 33.1 Å². The highest BCUT2D eigenvalue weighted by Gasteiger charge is 2.16.